The number of carbonyl (C=O) groups is 1. The van der Waals surface area contributed by atoms with Gasteiger partial charge in [-0.15, -0.1) is 0 Å². The van der Waals surface area contributed by atoms with E-state index < -0.39 is 24.1 Å². The van der Waals surface area contributed by atoms with Crippen molar-refractivity contribution in [1.82, 2.24) is 0 Å². The van der Waals surface area contributed by atoms with E-state index in [4.69, 9.17) is 14.9 Å². The van der Waals surface area contributed by atoms with Gasteiger partial charge in [-0.05, 0) is 6.92 Å². The van der Waals surface area contributed by atoms with E-state index in [0.29, 0.717) is 0 Å². The summed E-state index contributed by atoms with van der Waals surface area (Å²) in [4.78, 5) is 10.7. The molecule has 1 fully saturated rings. The summed E-state index contributed by atoms with van der Waals surface area (Å²) in [6.07, 6.45) is -4.07. The Labute approximate surface area is 69.6 Å². The van der Waals surface area contributed by atoms with Gasteiger partial charge in [0.05, 0.1) is 6.61 Å². The van der Waals surface area contributed by atoms with Gasteiger partial charge in [-0.2, -0.15) is 0 Å². The predicted octanol–water partition coefficient (Wildman–Crippen LogP) is -1.78. The molecule has 0 bridgehead atoms. The molecule has 0 aromatic carbocycles. The Hall–Kier alpha value is -0.490. The van der Waals surface area contributed by atoms with Crippen molar-refractivity contribution in [2.24, 2.45) is 0 Å². The molecule has 1 aliphatic rings. The first-order valence-electron chi connectivity index (χ1n) is 3.59. The van der Waals surface area contributed by atoms with E-state index in [1.807, 2.05) is 0 Å². The summed E-state index contributed by atoms with van der Waals surface area (Å²) in [7, 11) is 0. The third-order valence-corrected chi connectivity index (χ3v) is 1.74. The average Bonchev–Trinajstić information content (AvgIpc) is 2.00. The third-order valence-electron chi connectivity index (χ3n) is 1.74. The van der Waals surface area contributed by atoms with Crippen LogP contribution in [-0.2, 0) is 9.53 Å². The summed E-state index contributed by atoms with van der Waals surface area (Å²) >= 11 is 0. The fourth-order valence-electron chi connectivity index (χ4n) is 1.03. The second-order valence-electron chi connectivity index (χ2n) is 2.73. The minimum absolute atomic E-state index is 0.160. The zero-order valence-electron chi connectivity index (χ0n) is 6.60. The fraction of sp³-hybridized carbons (Fsp3) is 0.714. The van der Waals surface area contributed by atoms with E-state index in [0.717, 1.165) is 0 Å². The van der Waals surface area contributed by atoms with Gasteiger partial charge in [-0.1, -0.05) is 0 Å². The zero-order chi connectivity index (χ0) is 9.30. The Morgan fingerprint density at radius 2 is 2.08 bits per heavy atom. The van der Waals surface area contributed by atoms with E-state index in [2.05, 4.69) is 0 Å². The smallest absolute Gasteiger partial charge is 0.193 e. The van der Waals surface area contributed by atoms with Gasteiger partial charge in [0.25, 0.3) is 0 Å². The Morgan fingerprint density at radius 1 is 1.50 bits per heavy atom. The highest BCUT2D eigenvalue weighted by Gasteiger charge is 2.40. The van der Waals surface area contributed by atoms with Crippen molar-refractivity contribution in [2.75, 3.05) is 6.61 Å². The van der Waals surface area contributed by atoms with Gasteiger partial charge in [0.1, 0.15) is 18.3 Å². The Bertz CT molecular complexity index is 181. The van der Waals surface area contributed by atoms with E-state index in [9.17, 15) is 9.90 Å². The summed E-state index contributed by atoms with van der Waals surface area (Å²) in [5.41, 5.74) is 0. The van der Waals surface area contributed by atoms with Crippen LogP contribution in [0.3, 0.4) is 0 Å². The largest absolute Gasteiger partial charge is 0.388 e. The standard InChI is InChI=1S/C7H11O5/c1-3(8)7-6(11)5(10)4(9)2-12-7/h4-6,9-11H,2H2,1H3/t4-,5-,6+/m1/s1. The average molecular weight is 175 g/mol. The second-order valence-corrected chi connectivity index (χ2v) is 2.73. The first-order valence-corrected chi connectivity index (χ1v) is 3.59. The first kappa shape index (κ1) is 9.60. The number of hydrogen-bond donors (Lipinski definition) is 3. The first-order chi connectivity index (χ1) is 5.54. The van der Waals surface area contributed by atoms with Crippen LogP contribution in [-0.4, -0.2) is 46.0 Å². The molecule has 12 heavy (non-hydrogen) atoms. The lowest BCUT2D eigenvalue weighted by atomic mass is 9.98. The topological polar surface area (TPSA) is 87.0 Å². The van der Waals surface area contributed by atoms with Crippen molar-refractivity contribution >= 4 is 5.78 Å². The molecule has 0 aromatic heterocycles. The molecule has 0 aromatic rings. The number of ketones is 1. The maximum absolute atomic E-state index is 10.7. The van der Waals surface area contributed by atoms with Crippen LogP contribution in [0.5, 0.6) is 0 Å². The molecule has 1 heterocycles. The number of hydrogen-bond acceptors (Lipinski definition) is 5. The van der Waals surface area contributed by atoms with Crippen molar-refractivity contribution in [3.63, 3.8) is 0 Å². The lowest BCUT2D eigenvalue weighted by Crippen LogP contribution is -2.50. The predicted molar refractivity (Wildman–Crippen MR) is 37.9 cm³/mol. The van der Waals surface area contributed by atoms with Crippen LogP contribution in [0.4, 0.5) is 0 Å². The van der Waals surface area contributed by atoms with Gasteiger partial charge in [0.15, 0.2) is 11.9 Å². The van der Waals surface area contributed by atoms with Crippen LogP contribution < -0.4 is 0 Å². The number of aliphatic hydroxyl groups is 3. The maximum atomic E-state index is 10.7. The molecule has 1 radical (unpaired) electrons. The van der Waals surface area contributed by atoms with E-state index in [1.165, 1.54) is 6.92 Å². The summed E-state index contributed by atoms with van der Waals surface area (Å²) in [5, 5.41) is 27.3. The van der Waals surface area contributed by atoms with Gasteiger partial charge in [0.2, 0.25) is 0 Å². The van der Waals surface area contributed by atoms with Crippen LogP contribution in [0.2, 0.25) is 0 Å². The molecule has 3 N–H and O–H groups in total. The van der Waals surface area contributed by atoms with Crippen LogP contribution in [0.1, 0.15) is 6.92 Å². The Balaban J connectivity index is 2.65. The molecule has 1 rings (SSSR count). The van der Waals surface area contributed by atoms with Crippen LogP contribution in [0, 0.1) is 6.10 Å². The third kappa shape index (κ3) is 1.64. The molecule has 1 saturated heterocycles. The van der Waals surface area contributed by atoms with Gasteiger partial charge < -0.3 is 20.1 Å². The lowest BCUT2D eigenvalue weighted by molar-refractivity contribution is -0.158. The molecule has 0 amide bonds. The molecule has 0 aliphatic carbocycles. The Morgan fingerprint density at radius 3 is 2.58 bits per heavy atom. The molecule has 0 spiro atoms. The molecule has 69 valence electrons. The highest BCUT2D eigenvalue weighted by atomic mass is 16.5. The minimum Gasteiger partial charge on any atom is -0.388 e. The second kappa shape index (κ2) is 3.49. The molecule has 0 saturated carbocycles. The highest BCUT2D eigenvalue weighted by molar-refractivity contribution is 5.89. The van der Waals surface area contributed by atoms with Gasteiger partial charge in [-0.25, -0.2) is 0 Å². The summed E-state index contributed by atoms with van der Waals surface area (Å²) in [6.45, 7) is 1.07. The number of Topliss-reactive ketones (excluding diaryl/α,β-unsaturated/α-hetero) is 1. The fourth-order valence-corrected chi connectivity index (χ4v) is 1.03. The molecular formula is C7H11O5. The van der Waals surface area contributed by atoms with E-state index in [-0.39, 0.29) is 12.7 Å². The van der Waals surface area contributed by atoms with Gasteiger partial charge in [-0.3, -0.25) is 4.79 Å². The van der Waals surface area contributed by atoms with Crippen LogP contribution in [0.25, 0.3) is 0 Å². The van der Waals surface area contributed by atoms with E-state index >= 15 is 0 Å². The maximum Gasteiger partial charge on any atom is 0.193 e. The number of carbonyl (C=O) groups excluding carboxylic acids is 1. The zero-order valence-corrected chi connectivity index (χ0v) is 6.60. The van der Waals surface area contributed by atoms with Gasteiger partial charge in [0, 0.05) is 0 Å². The molecule has 5 heteroatoms. The number of ether oxygens (including phenoxy) is 1. The van der Waals surface area contributed by atoms with Crippen LogP contribution in [0.15, 0.2) is 0 Å². The summed E-state index contributed by atoms with van der Waals surface area (Å²) in [6, 6.07) is 0. The monoisotopic (exact) mass is 175 g/mol. The van der Waals surface area contributed by atoms with Crippen molar-refractivity contribution in [1.29, 1.82) is 0 Å². The van der Waals surface area contributed by atoms with Gasteiger partial charge >= 0.3 is 0 Å². The number of rotatable bonds is 1. The SMILES string of the molecule is CC(=O)[C]1OC[C@@H](O)[C@@H](O)[C@@H]1O. The minimum atomic E-state index is -1.41. The molecular weight excluding hydrogens is 164 g/mol. The summed E-state index contributed by atoms with van der Waals surface area (Å²) in [5.74, 6) is -0.437. The van der Waals surface area contributed by atoms with Crippen LogP contribution >= 0.6 is 0 Å². The lowest BCUT2D eigenvalue weighted by Gasteiger charge is -2.32. The molecule has 3 atom stereocenters. The normalized spacial score (nSPS) is 38.2. The number of aliphatic hydroxyl groups excluding tert-OH is 3. The van der Waals surface area contributed by atoms with Crippen molar-refractivity contribution < 1.29 is 24.9 Å². The van der Waals surface area contributed by atoms with Crippen molar-refractivity contribution in [2.45, 2.75) is 25.2 Å². The summed E-state index contributed by atoms with van der Waals surface area (Å²) < 4.78 is 4.74. The quantitative estimate of drug-likeness (QED) is 0.438. The molecule has 0 unspecified atom stereocenters. The highest BCUT2D eigenvalue weighted by Crippen LogP contribution is 2.21. The van der Waals surface area contributed by atoms with E-state index in [1.54, 1.807) is 0 Å². The van der Waals surface area contributed by atoms with Crippen molar-refractivity contribution in [3.8, 4) is 0 Å². The Kier molecular flexibility index (Phi) is 2.79. The molecule has 5 nitrogen and oxygen atoms in total. The molecule has 1 aliphatic heterocycles. The van der Waals surface area contributed by atoms with Crippen molar-refractivity contribution in [3.05, 3.63) is 6.10 Å².